The number of benzene rings is 3. The van der Waals surface area contributed by atoms with E-state index < -0.39 is 22.5 Å². The molecule has 0 aliphatic heterocycles. The molecule has 3 N–H and O–H groups in total. The predicted molar refractivity (Wildman–Crippen MR) is 191 cm³/mol. The normalized spacial score (nSPS) is 10.8. The van der Waals surface area contributed by atoms with Crippen LogP contribution in [0.4, 0.5) is 0 Å². The molecular weight excluding hydrogens is 620 g/mol. The Bertz CT molecular complexity index is 2260. The number of nitrogens with zero attached hydrogens (tertiary/aromatic N) is 1. The molecule has 0 radical (unpaired) electrons. The molecule has 0 aliphatic rings. The van der Waals surface area contributed by atoms with Gasteiger partial charge in [-0.25, -0.2) is 9.59 Å². The third-order valence-electron chi connectivity index (χ3n) is 8.08. The molecule has 0 saturated carbocycles. The molecule has 3 aromatic carbocycles. The SMILES string of the molecule is CCc1c(C(=O)c2cc(C)cc(C)c2)[nH]c(=O)[nH]c1=O.CCc1c(C(=O)c2cc(C)cc(C)c2)n(Cc2cc(C)cc(C)c2)c(=O)[nH]c1=O. The summed E-state index contributed by atoms with van der Waals surface area (Å²) in [5, 5.41) is 0. The Morgan fingerprint density at radius 3 is 1.45 bits per heavy atom. The van der Waals surface area contributed by atoms with Crippen molar-refractivity contribution in [3.8, 4) is 0 Å². The Morgan fingerprint density at radius 1 is 0.551 bits per heavy atom. The van der Waals surface area contributed by atoms with Gasteiger partial charge in [-0.1, -0.05) is 77.6 Å². The molecule has 0 spiro atoms. The summed E-state index contributed by atoms with van der Waals surface area (Å²) in [5.41, 5.74) is 6.48. The fraction of sp³-hybridized carbons (Fsp3) is 0.282. The number of hydrogen-bond donors (Lipinski definition) is 3. The smallest absolute Gasteiger partial charge is 0.304 e. The molecule has 10 heteroatoms. The average Bonchev–Trinajstić information content (AvgIpc) is 3.00. The highest BCUT2D eigenvalue weighted by Crippen LogP contribution is 2.18. The first-order valence-electron chi connectivity index (χ1n) is 16.2. The van der Waals surface area contributed by atoms with Crippen LogP contribution in [-0.2, 0) is 19.4 Å². The summed E-state index contributed by atoms with van der Waals surface area (Å²) in [6, 6.07) is 17.0. The highest BCUT2D eigenvalue weighted by Gasteiger charge is 2.23. The van der Waals surface area contributed by atoms with Crippen LogP contribution in [0.2, 0.25) is 0 Å². The Balaban J connectivity index is 0.000000237. The summed E-state index contributed by atoms with van der Waals surface area (Å²) >= 11 is 0. The lowest BCUT2D eigenvalue weighted by atomic mass is 9.98. The Kier molecular flexibility index (Phi) is 11.1. The van der Waals surface area contributed by atoms with Gasteiger partial charge < -0.3 is 4.98 Å². The standard InChI is InChI=1S/C24H26N2O3.C15H16N2O3/c1-6-20-21(22(27)19-11-16(4)8-17(5)12-19)26(24(29)25-23(20)28)13-18-9-14(2)7-15(3)10-18;1-4-11-12(16-15(20)17-14(11)19)13(18)10-6-8(2)5-9(3)7-10/h7-12H,6,13H2,1-5H3,(H,25,28,29);5-7H,4H2,1-3H3,(H2,16,17,19,20). The molecule has 49 heavy (non-hydrogen) atoms. The van der Waals surface area contributed by atoms with Crippen molar-refractivity contribution in [3.05, 3.63) is 169 Å². The van der Waals surface area contributed by atoms with E-state index >= 15 is 0 Å². The van der Waals surface area contributed by atoms with Crippen molar-refractivity contribution in [1.82, 2.24) is 19.5 Å². The van der Waals surface area contributed by atoms with Crippen molar-refractivity contribution in [3.63, 3.8) is 0 Å². The lowest BCUT2D eigenvalue weighted by molar-refractivity contribution is 0.102. The van der Waals surface area contributed by atoms with Gasteiger partial charge >= 0.3 is 11.4 Å². The van der Waals surface area contributed by atoms with Crippen molar-refractivity contribution >= 4 is 11.6 Å². The summed E-state index contributed by atoms with van der Waals surface area (Å²) in [6.07, 6.45) is 0.728. The van der Waals surface area contributed by atoms with Crippen molar-refractivity contribution in [2.24, 2.45) is 0 Å². The van der Waals surface area contributed by atoms with Crippen molar-refractivity contribution < 1.29 is 9.59 Å². The first-order valence-corrected chi connectivity index (χ1v) is 16.2. The van der Waals surface area contributed by atoms with E-state index in [0.29, 0.717) is 35.1 Å². The molecular formula is C39H42N4O6. The Labute approximate surface area is 283 Å². The van der Waals surface area contributed by atoms with E-state index in [9.17, 15) is 28.8 Å². The molecule has 2 aromatic heterocycles. The Hall–Kier alpha value is -5.64. The highest BCUT2D eigenvalue weighted by atomic mass is 16.2. The van der Waals surface area contributed by atoms with Crippen LogP contribution in [0.3, 0.4) is 0 Å². The third-order valence-corrected chi connectivity index (χ3v) is 8.08. The van der Waals surface area contributed by atoms with E-state index in [2.05, 4.69) is 21.0 Å². The Morgan fingerprint density at radius 2 is 0.980 bits per heavy atom. The van der Waals surface area contributed by atoms with Crippen LogP contribution in [-0.4, -0.2) is 31.1 Å². The first kappa shape index (κ1) is 36.2. The number of aromatic nitrogens is 4. The van der Waals surface area contributed by atoms with Gasteiger partial charge in [0.05, 0.1) is 12.2 Å². The van der Waals surface area contributed by atoms with Gasteiger partial charge in [0.15, 0.2) is 0 Å². The zero-order chi connectivity index (χ0) is 36.2. The largest absolute Gasteiger partial charge is 0.329 e. The molecule has 0 saturated heterocycles. The van der Waals surface area contributed by atoms with Crippen molar-refractivity contribution in [1.29, 1.82) is 0 Å². The van der Waals surface area contributed by atoms with Crippen molar-refractivity contribution in [2.75, 3.05) is 0 Å². The summed E-state index contributed by atoms with van der Waals surface area (Å²) in [7, 11) is 0. The minimum atomic E-state index is -0.667. The number of H-pyrrole nitrogens is 3. The van der Waals surface area contributed by atoms with Gasteiger partial charge in [-0.15, -0.1) is 0 Å². The van der Waals surface area contributed by atoms with Gasteiger partial charge in [0.25, 0.3) is 11.1 Å². The zero-order valence-electron chi connectivity index (χ0n) is 29.2. The van der Waals surface area contributed by atoms with E-state index in [1.807, 2.05) is 72.7 Å². The number of aryl methyl sites for hydroxylation is 6. The van der Waals surface area contributed by atoms with Crippen LogP contribution in [0.1, 0.15) is 96.0 Å². The van der Waals surface area contributed by atoms with E-state index in [-0.39, 0.29) is 29.5 Å². The van der Waals surface area contributed by atoms with Gasteiger partial charge in [-0.3, -0.25) is 33.7 Å². The molecule has 0 bridgehead atoms. The summed E-state index contributed by atoms with van der Waals surface area (Å²) in [6.45, 7) is 15.4. The molecule has 254 valence electrons. The summed E-state index contributed by atoms with van der Waals surface area (Å²) < 4.78 is 1.40. The number of aromatic amines is 3. The van der Waals surface area contributed by atoms with Crippen LogP contribution in [0, 0.1) is 41.5 Å². The van der Waals surface area contributed by atoms with Crippen LogP contribution in [0.25, 0.3) is 0 Å². The molecule has 0 unspecified atom stereocenters. The molecule has 0 fully saturated rings. The molecule has 5 rings (SSSR count). The second kappa shape index (κ2) is 15.1. The fourth-order valence-electron chi connectivity index (χ4n) is 6.23. The zero-order valence-corrected chi connectivity index (χ0v) is 29.2. The van der Waals surface area contributed by atoms with Gasteiger partial charge in [-0.2, -0.15) is 0 Å². The maximum absolute atomic E-state index is 13.5. The number of nitrogens with one attached hydrogen (secondary N) is 3. The van der Waals surface area contributed by atoms with Gasteiger partial charge in [0.2, 0.25) is 11.6 Å². The number of carbonyl (C=O) groups excluding carboxylic acids is 2. The molecule has 10 nitrogen and oxygen atoms in total. The number of hydrogen-bond acceptors (Lipinski definition) is 6. The van der Waals surface area contributed by atoms with Gasteiger partial charge in [0.1, 0.15) is 5.69 Å². The lowest BCUT2D eigenvalue weighted by Crippen LogP contribution is -2.37. The average molecular weight is 663 g/mol. The number of rotatable bonds is 8. The monoisotopic (exact) mass is 662 g/mol. The highest BCUT2D eigenvalue weighted by molar-refractivity contribution is 6.09. The minimum absolute atomic E-state index is 0.0752. The van der Waals surface area contributed by atoms with Crippen molar-refractivity contribution in [2.45, 2.75) is 74.8 Å². The predicted octanol–water partition coefficient (Wildman–Crippen LogP) is 5.09. The van der Waals surface area contributed by atoms with Crippen LogP contribution < -0.4 is 22.5 Å². The third kappa shape index (κ3) is 8.45. The second-order valence-electron chi connectivity index (χ2n) is 12.5. The minimum Gasteiger partial charge on any atom is -0.304 e. The quantitative estimate of drug-likeness (QED) is 0.197. The maximum Gasteiger partial charge on any atom is 0.329 e. The second-order valence-corrected chi connectivity index (χ2v) is 12.5. The van der Waals surface area contributed by atoms with Crippen LogP contribution in [0.5, 0.6) is 0 Å². The number of carbonyl (C=O) groups is 2. The molecule has 0 atom stereocenters. The molecule has 0 aliphatic carbocycles. The molecule has 2 heterocycles. The maximum atomic E-state index is 13.5. The first-order chi connectivity index (χ1) is 23.1. The number of ketones is 2. The van der Waals surface area contributed by atoms with E-state index in [4.69, 9.17) is 0 Å². The van der Waals surface area contributed by atoms with E-state index in [1.54, 1.807) is 31.2 Å². The van der Waals surface area contributed by atoms with E-state index in [1.165, 1.54) is 4.57 Å². The topological polar surface area (TPSA) is 155 Å². The summed E-state index contributed by atoms with van der Waals surface area (Å²) in [5.74, 6) is -0.641. The molecule has 0 amide bonds. The fourth-order valence-corrected chi connectivity index (χ4v) is 6.23. The summed E-state index contributed by atoms with van der Waals surface area (Å²) in [4.78, 5) is 81.2. The van der Waals surface area contributed by atoms with Gasteiger partial charge in [-0.05, 0) is 84.2 Å². The lowest BCUT2D eigenvalue weighted by Gasteiger charge is -2.16. The van der Waals surface area contributed by atoms with Crippen LogP contribution >= 0.6 is 0 Å². The molecule has 5 aromatic rings. The van der Waals surface area contributed by atoms with Crippen LogP contribution in [0.15, 0.2) is 73.8 Å². The van der Waals surface area contributed by atoms with E-state index in [0.717, 1.165) is 38.9 Å². The van der Waals surface area contributed by atoms with Gasteiger partial charge in [0, 0.05) is 22.3 Å².